The minimum Gasteiger partial charge on any atom is -0.382 e. The molecule has 0 saturated heterocycles. The number of aromatic nitrogens is 2. The van der Waals surface area contributed by atoms with E-state index in [1.807, 2.05) is 43.6 Å². The Labute approximate surface area is 134 Å². The summed E-state index contributed by atoms with van der Waals surface area (Å²) in [5.74, 6) is 0. The number of anilines is 1. The van der Waals surface area contributed by atoms with Gasteiger partial charge in [0.25, 0.3) is 0 Å². The molecule has 1 atom stereocenters. The van der Waals surface area contributed by atoms with E-state index in [4.69, 9.17) is 4.74 Å². The quantitative estimate of drug-likeness (QED) is 0.803. The number of para-hydroxylation sites is 1. The lowest BCUT2D eigenvalue weighted by molar-refractivity contribution is 0.165. The Morgan fingerprint density at radius 1 is 1.41 bits per heavy atom. The fourth-order valence-electron chi connectivity index (χ4n) is 2.16. The summed E-state index contributed by atoms with van der Waals surface area (Å²) in [6.45, 7) is 0.372. The first-order valence-corrected chi connectivity index (χ1v) is 8.05. The summed E-state index contributed by atoms with van der Waals surface area (Å²) in [6.07, 6.45) is 3.67. The van der Waals surface area contributed by atoms with Crippen LogP contribution in [0.25, 0.3) is 0 Å². The lowest BCUT2D eigenvalue weighted by Gasteiger charge is -2.19. The molecule has 0 bridgehead atoms. The van der Waals surface area contributed by atoms with Crippen LogP contribution in [0, 0.1) is 0 Å². The molecule has 6 nitrogen and oxygen atoms in total. The molecule has 0 radical (unpaired) electrons. The summed E-state index contributed by atoms with van der Waals surface area (Å²) < 4.78 is 6.91. The van der Waals surface area contributed by atoms with E-state index in [-0.39, 0.29) is 12.1 Å². The molecule has 2 N–H and O–H groups in total. The highest BCUT2D eigenvalue weighted by Crippen LogP contribution is 2.24. The van der Waals surface area contributed by atoms with Crippen molar-refractivity contribution in [2.24, 2.45) is 7.05 Å². The number of urea groups is 1. The van der Waals surface area contributed by atoms with Gasteiger partial charge in [0.2, 0.25) is 0 Å². The van der Waals surface area contributed by atoms with Crippen molar-refractivity contribution in [3.63, 3.8) is 0 Å². The van der Waals surface area contributed by atoms with Gasteiger partial charge in [0, 0.05) is 25.2 Å². The molecule has 2 aromatic rings. The molecule has 0 aliphatic heterocycles. The van der Waals surface area contributed by atoms with Crippen LogP contribution in [0.1, 0.15) is 11.7 Å². The third kappa shape index (κ3) is 4.02. The predicted molar refractivity (Wildman–Crippen MR) is 88.2 cm³/mol. The number of methoxy groups -OCH3 is 1. The van der Waals surface area contributed by atoms with E-state index < -0.39 is 0 Å². The van der Waals surface area contributed by atoms with E-state index in [0.717, 1.165) is 16.3 Å². The van der Waals surface area contributed by atoms with Crippen molar-refractivity contribution in [2.45, 2.75) is 10.9 Å². The number of ether oxygens (including phenoxy) is 1. The van der Waals surface area contributed by atoms with Gasteiger partial charge >= 0.3 is 6.03 Å². The summed E-state index contributed by atoms with van der Waals surface area (Å²) in [7, 11) is 3.44. The Morgan fingerprint density at radius 2 is 2.18 bits per heavy atom. The molecule has 2 amide bonds. The van der Waals surface area contributed by atoms with E-state index in [9.17, 15) is 4.79 Å². The van der Waals surface area contributed by atoms with Crippen molar-refractivity contribution in [3.8, 4) is 0 Å². The Morgan fingerprint density at radius 3 is 2.82 bits per heavy atom. The second-order valence-electron chi connectivity index (χ2n) is 4.69. The van der Waals surface area contributed by atoms with Gasteiger partial charge in [0.15, 0.2) is 0 Å². The number of aryl methyl sites for hydroxylation is 1. The van der Waals surface area contributed by atoms with Crippen LogP contribution in [0.3, 0.4) is 0 Å². The first-order valence-electron chi connectivity index (χ1n) is 6.83. The van der Waals surface area contributed by atoms with E-state index in [1.54, 1.807) is 29.8 Å². The second kappa shape index (κ2) is 7.86. The lowest BCUT2D eigenvalue weighted by atomic mass is 10.2. The predicted octanol–water partition coefficient (Wildman–Crippen LogP) is 2.65. The maximum atomic E-state index is 12.3. The van der Waals surface area contributed by atoms with Crippen LogP contribution in [0.15, 0.2) is 41.4 Å². The SMILES string of the molecule is COCC(NC(=O)Nc1ccccc1SC)c1ccnn1C. The Kier molecular flexibility index (Phi) is 5.85. The molecular weight excluding hydrogens is 300 g/mol. The van der Waals surface area contributed by atoms with Gasteiger partial charge in [-0.15, -0.1) is 11.8 Å². The number of nitrogens with zero attached hydrogens (tertiary/aromatic N) is 2. The summed E-state index contributed by atoms with van der Waals surface area (Å²) in [5.41, 5.74) is 1.67. The van der Waals surface area contributed by atoms with Crippen LogP contribution in [0.4, 0.5) is 10.5 Å². The number of hydrogen-bond donors (Lipinski definition) is 2. The molecule has 118 valence electrons. The highest BCUT2D eigenvalue weighted by Gasteiger charge is 2.18. The van der Waals surface area contributed by atoms with Crippen molar-refractivity contribution >= 4 is 23.5 Å². The van der Waals surface area contributed by atoms with Crippen molar-refractivity contribution in [3.05, 3.63) is 42.2 Å². The van der Waals surface area contributed by atoms with E-state index in [1.165, 1.54) is 0 Å². The number of nitrogens with one attached hydrogen (secondary N) is 2. The minimum absolute atomic E-state index is 0.265. The maximum absolute atomic E-state index is 12.3. The molecule has 0 spiro atoms. The van der Waals surface area contributed by atoms with Gasteiger partial charge in [0.1, 0.15) is 0 Å². The highest BCUT2D eigenvalue weighted by atomic mass is 32.2. The Bertz CT molecular complexity index is 630. The zero-order valence-electron chi connectivity index (χ0n) is 12.9. The third-order valence-electron chi connectivity index (χ3n) is 3.21. The van der Waals surface area contributed by atoms with Gasteiger partial charge in [-0.1, -0.05) is 12.1 Å². The normalized spacial score (nSPS) is 12.0. The van der Waals surface area contributed by atoms with Gasteiger partial charge in [0.05, 0.1) is 24.0 Å². The van der Waals surface area contributed by atoms with Crippen molar-refractivity contribution < 1.29 is 9.53 Å². The standard InChI is InChI=1S/C15H20N4O2S/c1-19-13(8-9-16-19)12(10-21-2)18-15(20)17-11-6-4-5-7-14(11)22-3/h4-9,12H,10H2,1-3H3,(H2,17,18,20). The molecule has 0 aliphatic rings. The highest BCUT2D eigenvalue weighted by molar-refractivity contribution is 7.98. The Hall–Kier alpha value is -1.99. The number of amides is 2. The van der Waals surface area contributed by atoms with Gasteiger partial charge in [-0.3, -0.25) is 4.68 Å². The number of benzene rings is 1. The molecule has 7 heteroatoms. The van der Waals surface area contributed by atoms with Crippen LogP contribution in [0.2, 0.25) is 0 Å². The summed E-state index contributed by atoms with van der Waals surface area (Å²) in [6, 6.07) is 9.00. The minimum atomic E-state index is -0.273. The fraction of sp³-hybridized carbons (Fsp3) is 0.333. The topological polar surface area (TPSA) is 68.2 Å². The molecule has 1 aromatic carbocycles. The van der Waals surface area contributed by atoms with Gasteiger partial charge in [-0.2, -0.15) is 5.10 Å². The molecule has 1 heterocycles. The number of hydrogen-bond acceptors (Lipinski definition) is 4. The third-order valence-corrected chi connectivity index (χ3v) is 4.01. The molecule has 0 aliphatic carbocycles. The molecule has 1 aromatic heterocycles. The van der Waals surface area contributed by atoms with Crippen LogP contribution >= 0.6 is 11.8 Å². The average molecular weight is 320 g/mol. The summed E-state index contributed by atoms with van der Waals surface area (Å²) in [4.78, 5) is 13.3. The molecule has 0 saturated carbocycles. The molecule has 0 fully saturated rings. The largest absolute Gasteiger partial charge is 0.382 e. The van der Waals surface area contributed by atoms with Gasteiger partial charge in [-0.05, 0) is 24.5 Å². The van der Waals surface area contributed by atoms with Crippen LogP contribution in [-0.4, -0.2) is 35.8 Å². The number of carbonyl (C=O) groups excluding carboxylic acids is 1. The number of thioether (sulfide) groups is 1. The van der Waals surface area contributed by atoms with Gasteiger partial charge < -0.3 is 15.4 Å². The summed E-state index contributed by atoms with van der Waals surface area (Å²) in [5, 5.41) is 9.92. The van der Waals surface area contributed by atoms with Crippen molar-refractivity contribution in [1.82, 2.24) is 15.1 Å². The zero-order chi connectivity index (χ0) is 15.9. The Balaban J connectivity index is 2.07. The van der Waals surface area contributed by atoms with E-state index in [2.05, 4.69) is 15.7 Å². The lowest BCUT2D eigenvalue weighted by Crippen LogP contribution is -2.35. The van der Waals surface area contributed by atoms with Crippen molar-refractivity contribution in [1.29, 1.82) is 0 Å². The van der Waals surface area contributed by atoms with E-state index >= 15 is 0 Å². The maximum Gasteiger partial charge on any atom is 0.319 e. The summed E-state index contributed by atoms with van der Waals surface area (Å²) >= 11 is 1.59. The number of rotatable bonds is 6. The van der Waals surface area contributed by atoms with Crippen LogP contribution in [-0.2, 0) is 11.8 Å². The fourth-order valence-corrected chi connectivity index (χ4v) is 2.71. The molecule has 1 unspecified atom stereocenters. The van der Waals surface area contributed by atoms with E-state index in [0.29, 0.717) is 6.61 Å². The molecular formula is C15H20N4O2S. The molecule has 2 rings (SSSR count). The monoisotopic (exact) mass is 320 g/mol. The second-order valence-corrected chi connectivity index (χ2v) is 5.53. The van der Waals surface area contributed by atoms with Gasteiger partial charge in [-0.25, -0.2) is 4.79 Å². The first kappa shape index (κ1) is 16.4. The number of carbonyl (C=O) groups is 1. The van der Waals surface area contributed by atoms with Crippen LogP contribution < -0.4 is 10.6 Å². The average Bonchev–Trinajstić information content (AvgIpc) is 2.93. The van der Waals surface area contributed by atoms with Crippen LogP contribution in [0.5, 0.6) is 0 Å². The smallest absolute Gasteiger partial charge is 0.319 e. The molecule has 22 heavy (non-hydrogen) atoms. The van der Waals surface area contributed by atoms with Crippen molar-refractivity contribution in [2.75, 3.05) is 25.3 Å². The first-order chi connectivity index (χ1) is 10.7. The zero-order valence-corrected chi connectivity index (χ0v) is 13.7.